The SMILES string of the molecule is CCCCCCC(C)NC(=O)c1ccc(NC)nc1. The fourth-order valence-corrected chi connectivity index (χ4v) is 1.93. The molecule has 19 heavy (non-hydrogen) atoms. The van der Waals surface area contributed by atoms with Gasteiger partial charge in [-0.1, -0.05) is 32.6 Å². The summed E-state index contributed by atoms with van der Waals surface area (Å²) in [6.07, 6.45) is 7.57. The van der Waals surface area contributed by atoms with Crippen LogP contribution in [0, 0.1) is 0 Å². The van der Waals surface area contributed by atoms with Gasteiger partial charge in [0.25, 0.3) is 5.91 Å². The average molecular weight is 263 g/mol. The number of unbranched alkanes of at least 4 members (excludes halogenated alkanes) is 3. The second-order valence-electron chi connectivity index (χ2n) is 4.91. The molecule has 1 aromatic rings. The first kappa shape index (κ1) is 15.5. The van der Waals surface area contributed by atoms with E-state index in [0.717, 1.165) is 12.2 Å². The first-order valence-electron chi connectivity index (χ1n) is 7.12. The first-order valence-corrected chi connectivity index (χ1v) is 7.12. The Morgan fingerprint density at radius 2 is 2.11 bits per heavy atom. The van der Waals surface area contributed by atoms with Crippen molar-refractivity contribution in [3.63, 3.8) is 0 Å². The molecule has 1 amide bonds. The van der Waals surface area contributed by atoms with Gasteiger partial charge in [0.15, 0.2) is 0 Å². The van der Waals surface area contributed by atoms with Crippen molar-refractivity contribution in [3.8, 4) is 0 Å². The summed E-state index contributed by atoms with van der Waals surface area (Å²) < 4.78 is 0. The van der Waals surface area contributed by atoms with Gasteiger partial charge >= 0.3 is 0 Å². The Hall–Kier alpha value is -1.58. The van der Waals surface area contributed by atoms with Crippen molar-refractivity contribution in [2.24, 2.45) is 0 Å². The molecular weight excluding hydrogens is 238 g/mol. The minimum atomic E-state index is -0.0434. The lowest BCUT2D eigenvalue weighted by molar-refractivity contribution is 0.0937. The number of rotatable bonds is 8. The summed E-state index contributed by atoms with van der Waals surface area (Å²) in [5.41, 5.74) is 0.611. The van der Waals surface area contributed by atoms with Crippen molar-refractivity contribution in [3.05, 3.63) is 23.9 Å². The number of anilines is 1. The van der Waals surface area contributed by atoms with Crippen LogP contribution in [-0.2, 0) is 0 Å². The van der Waals surface area contributed by atoms with Crippen molar-refractivity contribution in [2.45, 2.75) is 52.0 Å². The number of hydrogen-bond acceptors (Lipinski definition) is 3. The number of amides is 1. The lowest BCUT2D eigenvalue weighted by Crippen LogP contribution is -2.32. The van der Waals surface area contributed by atoms with Crippen LogP contribution in [0.1, 0.15) is 56.3 Å². The van der Waals surface area contributed by atoms with Crippen LogP contribution in [0.4, 0.5) is 5.82 Å². The predicted molar refractivity (Wildman–Crippen MR) is 79.5 cm³/mol. The van der Waals surface area contributed by atoms with Gasteiger partial charge < -0.3 is 10.6 Å². The van der Waals surface area contributed by atoms with Crippen LogP contribution < -0.4 is 10.6 Å². The number of aromatic nitrogens is 1. The van der Waals surface area contributed by atoms with E-state index in [9.17, 15) is 4.79 Å². The van der Waals surface area contributed by atoms with Crippen LogP contribution in [0.15, 0.2) is 18.3 Å². The highest BCUT2D eigenvalue weighted by Crippen LogP contribution is 2.07. The van der Waals surface area contributed by atoms with E-state index in [0.29, 0.717) is 5.56 Å². The highest BCUT2D eigenvalue weighted by Gasteiger charge is 2.09. The van der Waals surface area contributed by atoms with Crippen LogP contribution in [0.2, 0.25) is 0 Å². The maximum absolute atomic E-state index is 12.0. The van der Waals surface area contributed by atoms with Gasteiger partial charge in [0.2, 0.25) is 0 Å². The molecule has 2 N–H and O–H groups in total. The molecule has 1 unspecified atom stereocenters. The van der Waals surface area contributed by atoms with Gasteiger partial charge in [0, 0.05) is 19.3 Å². The lowest BCUT2D eigenvalue weighted by Gasteiger charge is -2.13. The van der Waals surface area contributed by atoms with Gasteiger partial charge in [-0.15, -0.1) is 0 Å². The minimum Gasteiger partial charge on any atom is -0.373 e. The van der Waals surface area contributed by atoms with Gasteiger partial charge in [-0.05, 0) is 25.5 Å². The molecule has 4 nitrogen and oxygen atoms in total. The summed E-state index contributed by atoms with van der Waals surface area (Å²) in [5, 5.41) is 5.94. The molecule has 0 bridgehead atoms. The zero-order chi connectivity index (χ0) is 14.1. The van der Waals surface area contributed by atoms with Crippen molar-refractivity contribution >= 4 is 11.7 Å². The zero-order valence-electron chi connectivity index (χ0n) is 12.2. The van der Waals surface area contributed by atoms with Crippen LogP contribution >= 0.6 is 0 Å². The van der Waals surface area contributed by atoms with Crippen molar-refractivity contribution in [2.75, 3.05) is 12.4 Å². The topological polar surface area (TPSA) is 54.0 Å². The molecule has 1 atom stereocenters. The van der Waals surface area contributed by atoms with E-state index in [1.807, 2.05) is 0 Å². The Morgan fingerprint density at radius 1 is 1.32 bits per heavy atom. The van der Waals surface area contributed by atoms with Crippen molar-refractivity contribution in [1.82, 2.24) is 10.3 Å². The third-order valence-corrected chi connectivity index (χ3v) is 3.15. The molecule has 1 heterocycles. The molecule has 106 valence electrons. The molecule has 0 spiro atoms. The number of nitrogens with one attached hydrogen (secondary N) is 2. The lowest BCUT2D eigenvalue weighted by atomic mass is 10.1. The first-order chi connectivity index (χ1) is 9.17. The Kier molecular flexibility index (Phi) is 6.93. The molecule has 0 aliphatic rings. The van der Waals surface area contributed by atoms with Crippen LogP contribution in [0.25, 0.3) is 0 Å². The Morgan fingerprint density at radius 3 is 2.68 bits per heavy atom. The highest BCUT2D eigenvalue weighted by atomic mass is 16.1. The van der Waals surface area contributed by atoms with Gasteiger partial charge in [0.05, 0.1) is 5.56 Å². The summed E-state index contributed by atoms with van der Waals surface area (Å²) >= 11 is 0. The standard InChI is InChI=1S/C15H25N3O/c1-4-5-6-7-8-12(2)18-15(19)13-9-10-14(16-3)17-11-13/h9-12H,4-8H2,1-3H3,(H,16,17)(H,18,19). The van der Waals surface area contributed by atoms with E-state index >= 15 is 0 Å². The van der Waals surface area contributed by atoms with E-state index in [-0.39, 0.29) is 11.9 Å². The fourth-order valence-electron chi connectivity index (χ4n) is 1.93. The number of nitrogens with zero attached hydrogens (tertiary/aromatic N) is 1. The predicted octanol–water partition coefficient (Wildman–Crippen LogP) is 3.21. The molecule has 0 aromatic carbocycles. The van der Waals surface area contributed by atoms with Crippen LogP contribution in [0.5, 0.6) is 0 Å². The summed E-state index contributed by atoms with van der Waals surface area (Å²) in [6.45, 7) is 4.26. The summed E-state index contributed by atoms with van der Waals surface area (Å²) in [7, 11) is 1.81. The fraction of sp³-hybridized carbons (Fsp3) is 0.600. The normalized spacial score (nSPS) is 11.9. The Labute approximate surface area is 116 Å². The third-order valence-electron chi connectivity index (χ3n) is 3.15. The second-order valence-corrected chi connectivity index (χ2v) is 4.91. The minimum absolute atomic E-state index is 0.0434. The summed E-state index contributed by atoms with van der Waals surface area (Å²) in [6, 6.07) is 3.81. The molecule has 0 radical (unpaired) electrons. The average Bonchev–Trinajstić information content (AvgIpc) is 2.43. The molecule has 0 saturated heterocycles. The van der Waals surface area contributed by atoms with E-state index in [1.165, 1.54) is 25.7 Å². The summed E-state index contributed by atoms with van der Waals surface area (Å²) in [5.74, 6) is 0.724. The number of carbonyl (C=O) groups excluding carboxylic acids is 1. The Bertz CT molecular complexity index is 375. The molecule has 1 aromatic heterocycles. The second kappa shape index (κ2) is 8.51. The molecule has 1 rings (SSSR count). The van der Waals surface area contributed by atoms with Gasteiger partial charge in [-0.2, -0.15) is 0 Å². The van der Waals surface area contributed by atoms with E-state index in [2.05, 4.69) is 29.5 Å². The third kappa shape index (κ3) is 5.73. The largest absolute Gasteiger partial charge is 0.373 e. The van der Waals surface area contributed by atoms with Crippen LogP contribution in [-0.4, -0.2) is 24.0 Å². The van der Waals surface area contributed by atoms with Gasteiger partial charge in [0.1, 0.15) is 5.82 Å². The van der Waals surface area contributed by atoms with Crippen molar-refractivity contribution in [1.29, 1.82) is 0 Å². The highest BCUT2D eigenvalue weighted by molar-refractivity contribution is 5.94. The molecule has 0 saturated carbocycles. The quantitative estimate of drug-likeness (QED) is 0.708. The maximum Gasteiger partial charge on any atom is 0.253 e. The number of hydrogen-bond donors (Lipinski definition) is 2. The van der Waals surface area contributed by atoms with E-state index in [1.54, 1.807) is 25.4 Å². The number of pyridine rings is 1. The van der Waals surface area contributed by atoms with E-state index < -0.39 is 0 Å². The van der Waals surface area contributed by atoms with Crippen LogP contribution in [0.3, 0.4) is 0 Å². The molecule has 0 aliphatic carbocycles. The zero-order valence-corrected chi connectivity index (χ0v) is 12.2. The molecular formula is C15H25N3O. The number of carbonyl (C=O) groups is 1. The van der Waals surface area contributed by atoms with Crippen molar-refractivity contribution < 1.29 is 4.79 Å². The van der Waals surface area contributed by atoms with Gasteiger partial charge in [-0.25, -0.2) is 4.98 Å². The smallest absolute Gasteiger partial charge is 0.253 e. The summed E-state index contributed by atoms with van der Waals surface area (Å²) in [4.78, 5) is 16.1. The monoisotopic (exact) mass is 263 g/mol. The molecule has 0 fully saturated rings. The van der Waals surface area contributed by atoms with Gasteiger partial charge in [-0.3, -0.25) is 4.79 Å². The maximum atomic E-state index is 12.0. The van der Waals surface area contributed by atoms with E-state index in [4.69, 9.17) is 0 Å². The molecule has 4 heteroatoms. The Balaban J connectivity index is 2.36. The molecule has 0 aliphatic heterocycles.